The Bertz CT molecular complexity index is 1240. The molecule has 2 aliphatic rings. The minimum Gasteiger partial charge on any atom is -0.329 e. The molecule has 2 heterocycles. The lowest BCUT2D eigenvalue weighted by Gasteiger charge is -2.30. The Labute approximate surface area is 187 Å². The summed E-state index contributed by atoms with van der Waals surface area (Å²) < 4.78 is 74.0. The molecule has 1 N–H and O–H groups in total. The van der Waals surface area contributed by atoms with Gasteiger partial charge in [-0.1, -0.05) is 5.16 Å². The Kier molecular flexibility index (Phi) is 5.47. The molecule has 2 atom stereocenters. The Hall–Kier alpha value is -2.80. The average Bonchev–Trinajstić information content (AvgIpc) is 3.24. The number of hydrogen-bond donors (Lipinski definition) is 1. The summed E-state index contributed by atoms with van der Waals surface area (Å²) in [7, 11) is -3.84. The number of rotatable bonds is 6. The summed E-state index contributed by atoms with van der Waals surface area (Å²) in [4.78, 5) is 3.55. The molecule has 0 aliphatic heterocycles. The van der Waals surface area contributed by atoms with Crippen LogP contribution in [0.5, 0.6) is 0 Å². The van der Waals surface area contributed by atoms with Crippen LogP contribution in [0.4, 0.5) is 13.2 Å². The van der Waals surface area contributed by atoms with E-state index in [1.54, 1.807) is 18.7 Å². The summed E-state index contributed by atoms with van der Waals surface area (Å²) in [6.45, 7) is 0. The van der Waals surface area contributed by atoms with Gasteiger partial charge in [-0.25, -0.2) is 13.1 Å². The molecule has 0 saturated heterocycles. The summed E-state index contributed by atoms with van der Waals surface area (Å²) in [5, 5.41) is 11.1. The highest BCUT2D eigenvalue weighted by molar-refractivity contribution is 7.89. The van der Waals surface area contributed by atoms with Gasteiger partial charge in [0.1, 0.15) is 12.7 Å². The van der Waals surface area contributed by atoms with Crippen molar-refractivity contribution in [2.45, 2.75) is 67.6 Å². The van der Waals surface area contributed by atoms with Crippen LogP contribution in [0.25, 0.3) is 11.4 Å². The number of hydrogen-bond acceptors (Lipinski definition) is 7. The van der Waals surface area contributed by atoms with Gasteiger partial charge in [-0.2, -0.15) is 18.2 Å². The monoisotopic (exact) mass is 482 g/mol. The molecule has 33 heavy (non-hydrogen) atoms. The third-order valence-electron chi connectivity index (χ3n) is 6.07. The van der Waals surface area contributed by atoms with Gasteiger partial charge in [0.05, 0.1) is 4.90 Å². The van der Waals surface area contributed by atoms with Gasteiger partial charge in [-0.05, 0) is 68.2 Å². The SMILES string of the molecule is O=S(=O)(N[C@H]1CCC[C@@H](n2cnnc2)C1)c1ccc(-c2noc(C(F)(F)F)n2)cc1C1CC1. The summed E-state index contributed by atoms with van der Waals surface area (Å²) in [6, 6.07) is 4.25. The maximum absolute atomic E-state index is 13.3. The highest BCUT2D eigenvalue weighted by atomic mass is 32.2. The Morgan fingerprint density at radius 1 is 1.09 bits per heavy atom. The molecule has 176 valence electrons. The molecule has 0 unspecified atom stereocenters. The number of aromatic nitrogens is 5. The molecule has 5 rings (SSSR count). The molecule has 1 aromatic carbocycles. The molecule has 3 aromatic rings. The van der Waals surface area contributed by atoms with Crippen LogP contribution in [0.2, 0.25) is 0 Å². The van der Waals surface area contributed by atoms with Crippen molar-refractivity contribution in [3.05, 3.63) is 42.3 Å². The van der Waals surface area contributed by atoms with Crippen LogP contribution in [0.1, 0.15) is 61.9 Å². The van der Waals surface area contributed by atoms with Crippen LogP contribution < -0.4 is 4.72 Å². The molecular weight excluding hydrogens is 461 g/mol. The number of alkyl halides is 3. The zero-order chi connectivity index (χ0) is 23.2. The smallest absolute Gasteiger partial charge is 0.329 e. The standard InChI is InChI=1S/C20H21F3N6O3S/c21-20(22,23)19-26-18(27-32-19)13-6-7-17(16(8-13)12-4-5-12)33(30,31)28-14-2-1-3-15(9-14)29-10-24-25-11-29/h6-8,10-12,14-15,28H,1-5,9H2/t14-,15+/m0/s1. The number of sulfonamides is 1. The highest BCUT2D eigenvalue weighted by Gasteiger charge is 2.39. The average molecular weight is 482 g/mol. The number of nitrogens with zero attached hydrogens (tertiary/aromatic N) is 5. The van der Waals surface area contributed by atoms with Crippen molar-refractivity contribution in [3.8, 4) is 11.4 Å². The first-order valence-corrected chi connectivity index (χ1v) is 12.1. The maximum Gasteiger partial charge on any atom is 0.471 e. The molecule has 13 heteroatoms. The van der Waals surface area contributed by atoms with Crippen molar-refractivity contribution in [2.24, 2.45) is 0 Å². The number of halogens is 3. The molecule has 0 bridgehead atoms. The van der Waals surface area contributed by atoms with E-state index in [0.29, 0.717) is 12.0 Å². The van der Waals surface area contributed by atoms with E-state index >= 15 is 0 Å². The van der Waals surface area contributed by atoms with E-state index in [9.17, 15) is 21.6 Å². The summed E-state index contributed by atoms with van der Waals surface area (Å²) in [5.74, 6) is -1.64. The second kappa shape index (κ2) is 8.20. The van der Waals surface area contributed by atoms with E-state index in [4.69, 9.17) is 0 Å². The normalized spacial score (nSPS) is 21.9. The second-order valence-electron chi connectivity index (χ2n) is 8.50. The van der Waals surface area contributed by atoms with E-state index in [2.05, 4.69) is 29.6 Å². The van der Waals surface area contributed by atoms with Crippen molar-refractivity contribution >= 4 is 10.0 Å². The van der Waals surface area contributed by atoms with Crippen molar-refractivity contribution in [1.82, 2.24) is 29.6 Å². The van der Waals surface area contributed by atoms with E-state index in [-0.39, 0.29) is 34.3 Å². The molecule has 2 aliphatic carbocycles. The maximum atomic E-state index is 13.3. The fourth-order valence-corrected chi connectivity index (χ4v) is 5.89. The molecular formula is C20H21F3N6O3S. The molecule has 9 nitrogen and oxygen atoms in total. The highest BCUT2D eigenvalue weighted by Crippen LogP contribution is 2.44. The summed E-state index contributed by atoms with van der Waals surface area (Å²) in [5.41, 5.74) is 0.838. The molecule has 2 fully saturated rings. The first kappa shape index (κ1) is 22.0. The lowest BCUT2D eigenvalue weighted by atomic mass is 9.91. The van der Waals surface area contributed by atoms with Crippen LogP contribution in [-0.4, -0.2) is 39.4 Å². The van der Waals surface area contributed by atoms with Gasteiger partial charge in [0, 0.05) is 17.6 Å². The fraction of sp³-hybridized carbons (Fsp3) is 0.500. The predicted octanol–water partition coefficient (Wildman–Crippen LogP) is 3.69. The van der Waals surface area contributed by atoms with Crippen molar-refractivity contribution in [3.63, 3.8) is 0 Å². The Morgan fingerprint density at radius 2 is 1.85 bits per heavy atom. The van der Waals surface area contributed by atoms with Crippen LogP contribution in [0, 0.1) is 0 Å². The van der Waals surface area contributed by atoms with Gasteiger partial charge in [0.2, 0.25) is 15.8 Å². The van der Waals surface area contributed by atoms with E-state index < -0.39 is 22.1 Å². The van der Waals surface area contributed by atoms with Crippen molar-refractivity contribution in [1.29, 1.82) is 0 Å². The minimum absolute atomic E-state index is 0.0293. The Balaban J connectivity index is 1.39. The van der Waals surface area contributed by atoms with Crippen LogP contribution in [0.15, 0.2) is 40.3 Å². The van der Waals surface area contributed by atoms with Crippen LogP contribution in [-0.2, 0) is 16.2 Å². The number of benzene rings is 1. The van der Waals surface area contributed by atoms with Gasteiger partial charge in [-0.3, -0.25) is 0 Å². The van der Waals surface area contributed by atoms with E-state index in [0.717, 1.165) is 32.1 Å². The van der Waals surface area contributed by atoms with Crippen molar-refractivity contribution in [2.75, 3.05) is 0 Å². The van der Waals surface area contributed by atoms with Gasteiger partial charge < -0.3 is 9.09 Å². The van der Waals surface area contributed by atoms with Crippen molar-refractivity contribution < 1.29 is 26.1 Å². The second-order valence-corrected chi connectivity index (χ2v) is 10.2. The summed E-state index contributed by atoms with van der Waals surface area (Å²) in [6.07, 6.45) is 3.27. The van der Waals surface area contributed by atoms with Crippen LogP contribution in [0.3, 0.4) is 0 Å². The lowest BCUT2D eigenvalue weighted by molar-refractivity contribution is -0.159. The topological polar surface area (TPSA) is 116 Å². The van der Waals surface area contributed by atoms with Gasteiger partial charge in [-0.15, -0.1) is 10.2 Å². The zero-order valence-corrected chi connectivity index (χ0v) is 18.2. The third-order valence-corrected chi connectivity index (χ3v) is 7.66. The molecule has 0 spiro atoms. The van der Waals surface area contributed by atoms with E-state index in [1.165, 1.54) is 12.1 Å². The predicted molar refractivity (Wildman–Crippen MR) is 108 cm³/mol. The van der Waals surface area contributed by atoms with Gasteiger partial charge in [0.25, 0.3) is 0 Å². The lowest BCUT2D eigenvalue weighted by Crippen LogP contribution is -2.39. The summed E-state index contributed by atoms with van der Waals surface area (Å²) >= 11 is 0. The third kappa shape index (κ3) is 4.64. The molecule has 2 saturated carbocycles. The fourth-order valence-electron chi connectivity index (χ4n) is 4.32. The first-order chi connectivity index (χ1) is 15.7. The first-order valence-electron chi connectivity index (χ1n) is 10.6. The molecule has 0 amide bonds. The molecule has 2 aromatic heterocycles. The quantitative estimate of drug-likeness (QED) is 0.570. The largest absolute Gasteiger partial charge is 0.471 e. The minimum atomic E-state index is -4.75. The van der Waals surface area contributed by atoms with E-state index in [1.807, 2.05) is 4.57 Å². The zero-order valence-electron chi connectivity index (χ0n) is 17.4. The van der Waals surface area contributed by atoms with Crippen LogP contribution >= 0.6 is 0 Å². The Morgan fingerprint density at radius 3 is 2.52 bits per heavy atom. The number of nitrogens with one attached hydrogen (secondary N) is 1. The van der Waals surface area contributed by atoms with Gasteiger partial charge >= 0.3 is 12.1 Å². The van der Waals surface area contributed by atoms with Gasteiger partial charge in [0.15, 0.2) is 0 Å². The molecule has 0 radical (unpaired) electrons.